The first-order valence-corrected chi connectivity index (χ1v) is 9.77. The number of nitrogens with one attached hydrogen (secondary N) is 1. The van der Waals surface area contributed by atoms with Crippen LogP contribution >= 0.6 is 0 Å². The number of hydrogen-bond donors (Lipinski definition) is 3. The van der Waals surface area contributed by atoms with E-state index < -0.39 is 0 Å². The highest BCUT2D eigenvalue weighted by atomic mass is 16.3. The van der Waals surface area contributed by atoms with Crippen LogP contribution in [0.2, 0.25) is 0 Å². The van der Waals surface area contributed by atoms with E-state index >= 15 is 0 Å². The maximum Gasteiger partial charge on any atom is 0.255 e. The second-order valence-corrected chi connectivity index (χ2v) is 7.73. The van der Waals surface area contributed by atoms with Crippen molar-refractivity contribution in [2.75, 3.05) is 12.3 Å². The Bertz CT molecular complexity index is 1350. The number of aromatic hydroxyl groups is 1. The monoisotopic (exact) mass is 402 g/mol. The largest absolute Gasteiger partial charge is 0.508 e. The molecule has 0 fully saturated rings. The standard InChI is InChI=1S/C22H22N6O2/c1-11-4-5-16(29)12(2)19(11)28-20(23)18-17-14(6-7-24-22(18)30)15(9-25-21(17)28)13-8-26-27(3)10-13/h4-5,8-10,29H,6-7,23H2,1-3H3,(H,24,30). The summed E-state index contributed by atoms with van der Waals surface area (Å²) in [6.07, 6.45) is 6.20. The number of phenolic OH excluding ortho intramolecular Hbond substituents is 1. The van der Waals surface area contributed by atoms with Crippen molar-refractivity contribution < 1.29 is 9.90 Å². The van der Waals surface area contributed by atoms with Gasteiger partial charge >= 0.3 is 0 Å². The van der Waals surface area contributed by atoms with Crippen molar-refractivity contribution in [3.05, 3.63) is 53.0 Å². The summed E-state index contributed by atoms with van der Waals surface area (Å²) < 4.78 is 3.53. The van der Waals surface area contributed by atoms with Gasteiger partial charge in [-0.15, -0.1) is 0 Å². The average Bonchev–Trinajstić information content (AvgIpc) is 3.20. The van der Waals surface area contributed by atoms with E-state index in [0.29, 0.717) is 35.6 Å². The molecule has 0 radical (unpaired) electrons. The molecule has 0 unspecified atom stereocenters. The van der Waals surface area contributed by atoms with Crippen molar-refractivity contribution in [1.82, 2.24) is 24.6 Å². The molecule has 0 spiro atoms. The lowest BCUT2D eigenvalue weighted by molar-refractivity contribution is 0.0958. The molecule has 4 heterocycles. The van der Waals surface area contributed by atoms with E-state index in [1.165, 1.54) is 0 Å². The number of phenols is 1. The number of nitrogen functional groups attached to an aromatic ring is 1. The summed E-state index contributed by atoms with van der Waals surface area (Å²) in [6, 6.07) is 3.49. The number of aryl methyl sites for hydroxylation is 2. The zero-order valence-corrected chi connectivity index (χ0v) is 17.0. The minimum absolute atomic E-state index is 0.169. The predicted molar refractivity (Wildman–Crippen MR) is 115 cm³/mol. The van der Waals surface area contributed by atoms with Gasteiger partial charge in [0.1, 0.15) is 17.2 Å². The minimum Gasteiger partial charge on any atom is -0.508 e. The molecule has 0 bridgehead atoms. The molecule has 1 aliphatic rings. The molecule has 30 heavy (non-hydrogen) atoms. The van der Waals surface area contributed by atoms with Gasteiger partial charge in [0.05, 0.1) is 17.4 Å². The van der Waals surface area contributed by atoms with E-state index in [9.17, 15) is 9.90 Å². The number of hydrogen-bond acceptors (Lipinski definition) is 5. The highest BCUT2D eigenvalue weighted by Gasteiger charge is 2.30. The highest BCUT2D eigenvalue weighted by Crippen LogP contribution is 2.40. The van der Waals surface area contributed by atoms with Crippen LogP contribution in [0.4, 0.5) is 5.82 Å². The first-order chi connectivity index (χ1) is 14.4. The molecule has 8 heteroatoms. The summed E-state index contributed by atoms with van der Waals surface area (Å²) in [7, 11) is 1.87. The lowest BCUT2D eigenvalue weighted by Crippen LogP contribution is -2.24. The van der Waals surface area contributed by atoms with Crippen molar-refractivity contribution >= 4 is 22.8 Å². The maximum absolute atomic E-state index is 12.9. The van der Waals surface area contributed by atoms with Crippen LogP contribution in [0.25, 0.3) is 27.8 Å². The van der Waals surface area contributed by atoms with Gasteiger partial charge in [0.25, 0.3) is 5.91 Å². The molecule has 1 aliphatic heterocycles. The van der Waals surface area contributed by atoms with Crippen LogP contribution in [0.1, 0.15) is 27.0 Å². The normalized spacial score (nSPS) is 13.5. The van der Waals surface area contributed by atoms with Crippen LogP contribution in [-0.2, 0) is 13.5 Å². The van der Waals surface area contributed by atoms with Crippen molar-refractivity contribution in [2.45, 2.75) is 20.3 Å². The molecule has 0 atom stereocenters. The van der Waals surface area contributed by atoms with Gasteiger partial charge in [0, 0.05) is 48.1 Å². The van der Waals surface area contributed by atoms with E-state index in [1.54, 1.807) is 21.5 Å². The Morgan fingerprint density at radius 1 is 1.23 bits per heavy atom. The number of amides is 1. The fourth-order valence-corrected chi connectivity index (χ4v) is 4.41. The Morgan fingerprint density at radius 3 is 2.77 bits per heavy atom. The highest BCUT2D eigenvalue weighted by molar-refractivity contribution is 6.14. The van der Waals surface area contributed by atoms with Crippen LogP contribution in [-0.4, -0.2) is 36.9 Å². The lowest BCUT2D eigenvalue weighted by atomic mass is 9.98. The summed E-state index contributed by atoms with van der Waals surface area (Å²) in [4.78, 5) is 17.7. The molecular weight excluding hydrogens is 380 g/mol. The fraction of sp³-hybridized carbons (Fsp3) is 0.227. The number of carbonyl (C=O) groups excluding carboxylic acids is 1. The first kappa shape index (κ1) is 18.2. The van der Waals surface area contributed by atoms with Crippen LogP contribution in [0.3, 0.4) is 0 Å². The number of rotatable bonds is 2. The molecule has 0 aliphatic carbocycles. The number of nitrogens with zero attached hydrogens (tertiary/aromatic N) is 4. The summed E-state index contributed by atoms with van der Waals surface area (Å²) in [5, 5.41) is 18.3. The number of benzene rings is 1. The number of carbonyl (C=O) groups is 1. The zero-order valence-electron chi connectivity index (χ0n) is 17.0. The van der Waals surface area contributed by atoms with Crippen LogP contribution in [0.5, 0.6) is 5.75 Å². The van der Waals surface area contributed by atoms with Gasteiger partial charge in [-0.25, -0.2) is 4.98 Å². The Kier molecular flexibility index (Phi) is 3.86. The second-order valence-electron chi connectivity index (χ2n) is 7.73. The smallest absolute Gasteiger partial charge is 0.255 e. The van der Waals surface area contributed by atoms with E-state index in [1.807, 2.05) is 39.4 Å². The molecule has 0 saturated heterocycles. The summed E-state index contributed by atoms with van der Waals surface area (Å²) in [6.45, 7) is 4.30. The van der Waals surface area contributed by atoms with Gasteiger partial charge in [0.2, 0.25) is 0 Å². The van der Waals surface area contributed by atoms with Gasteiger partial charge in [-0.05, 0) is 37.5 Å². The van der Waals surface area contributed by atoms with Gasteiger partial charge in [-0.3, -0.25) is 14.0 Å². The van der Waals surface area contributed by atoms with Crippen molar-refractivity contribution in [3.8, 4) is 22.6 Å². The molecule has 4 aromatic rings. The predicted octanol–water partition coefficient (Wildman–Crippen LogP) is 2.62. The zero-order chi connectivity index (χ0) is 21.2. The van der Waals surface area contributed by atoms with E-state index in [0.717, 1.165) is 33.3 Å². The first-order valence-electron chi connectivity index (χ1n) is 9.77. The third-order valence-electron chi connectivity index (χ3n) is 5.86. The molecule has 0 saturated carbocycles. The Labute approximate surface area is 173 Å². The Morgan fingerprint density at radius 2 is 2.03 bits per heavy atom. The molecule has 1 amide bonds. The second kappa shape index (κ2) is 6.35. The van der Waals surface area contributed by atoms with E-state index in [2.05, 4.69) is 10.4 Å². The Hall–Kier alpha value is -3.81. The summed E-state index contributed by atoms with van der Waals surface area (Å²) >= 11 is 0. The molecule has 3 aromatic heterocycles. The van der Waals surface area contributed by atoms with Crippen LogP contribution < -0.4 is 11.1 Å². The minimum atomic E-state index is -0.212. The van der Waals surface area contributed by atoms with Crippen LogP contribution in [0, 0.1) is 13.8 Å². The van der Waals surface area contributed by atoms with Crippen LogP contribution in [0.15, 0.2) is 30.7 Å². The van der Waals surface area contributed by atoms with Gasteiger partial charge in [-0.2, -0.15) is 5.10 Å². The number of aromatic nitrogens is 4. The molecule has 5 rings (SSSR count). The third-order valence-corrected chi connectivity index (χ3v) is 5.86. The average molecular weight is 402 g/mol. The summed E-state index contributed by atoms with van der Waals surface area (Å²) in [5.41, 5.74) is 12.9. The summed E-state index contributed by atoms with van der Waals surface area (Å²) in [5.74, 6) is 0.274. The lowest BCUT2D eigenvalue weighted by Gasteiger charge is -2.16. The molecule has 1 aromatic carbocycles. The van der Waals surface area contributed by atoms with Gasteiger partial charge in [-0.1, -0.05) is 6.07 Å². The van der Waals surface area contributed by atoms with Crippen molar-refractivity contribution in [2.24, 2.45) is 7.05 Å². The Balaban J connectivity index is 1.92. The van der Waals surface area contributed by atoms with Gasteiger partial charge in [0.15, 0.2) is 0 Å². The molecule has 152 valence electrons. The number of nitrogens with two attached hydrogens (primary N) is 1. The molecule has 8 nitrogen and oxygen atoms in total. The quantitative estimate of drug-likeness (QED) is 0.477. The third kappa shape index (κ3) is 2.43. The number of pyridine rings is 1. The topological polar surface area (TPSA) is 111 Å². The fourth-order valence-electron chi connectivity index (χ4n) is 4.41. The molecular formula is C22H22N6O2. The van der Waals surface area contributed by atoms with Crippen molar-refractivity contribution in [3.63, 3.8) is 0 Å². The van der Waals surface area contributed by atoms with Gasteiger partial charge < -0.3 is 16.2 Å². The number of anilines is 1. The van der Waals surface area contributed by atoms with Crippen molar-refractivity contribution in [1.29, 1.82) is 0 Å². The SMILES string of the molecule is Cc1ccc(O)c(C)c1-n1c(N)c2c3c(c(-c4cnn(C)c4)cnc31)CCNC2=O. The van der Waals surface area contributed by atoms with E-state index in [-0.39, 0.29) is 11.7 Å². The maximum atomic E-state index is 12.9. The molecule has 4 N–H and O–H groups in total. The van der Waals surface area contributed by atoms with E-state index in [4.69, 9.17) is 10.7 Å².